The number of nitrogens with two attached hydrogens (primary N) is 1. The van der Waals surface area contributed by atoms with Crippen LogP contribution in [0.25, 0.3) is 5.69 Å². The van der Waals surface area contributed by atoms with Gasteiger partial charge in [-0.1, -0.05) is 6.07 Å². The SMILES string of the molecule is CC(C)(C)OC(=O)c1c(N)c(C(=O)O)cn1-c1cccc(F)c1. The van der Waals surface area contributed by atoms with Gasteiger partial charge in [-0.2, -0.15) is 0 Å². The smallest absolute Gasteiger partial charge is 0.358 e. The molecule has 0 aliphatic rings. The second kappa shape index (κ2) is 5.75. The van der Waals surface area contributed by atoms with Gasteiger partial charge in [0.2, 0.25) is 0 Å². The summed E-state index contributed by atoms with van der Waals surface area (Å²) >= 11 is 0. The Morgan fingerprint density at radius 3 is 2.48 bits per heavy atom. The average molecular weight is 320 g/mol. The number of carbonyl (C=O) groups is 2. The molecule has 1 heterocycles. The number of rotatable bonds is 3. The molecule has 1 aromatic heterocycles. The normalized spacial score (nSPS) is 11.3. The number of carbonyl (C=O) groups excluding carboxylic acids is 1. The van der Waals surface area contributed by atoms with E-state index < -0.39 is 23.4 Å². The number of nitrogen functional groups attached to an aromatic ring is 1. The highest BCUT2D eigenvalue weighted by Crippen LogP contribution is 2.27. The number of hydrogen-bond acceptors (Lipinski definition) is 4. The highest BCUT2D eigenvalue weighted by Gasteiger charge is 2.28. The van der Waals surface area contributed by atoms with Gasteiger partial charge in [-0.25, -0.2) is 14.0 Å². The largest absolute Gasteiger partial charge is 0.478 e. The van der Waals surface area contributed by atoms with E-state index in [1.807, 2.05) is 0 Å². The summed E-state index contributed by atoms with van der Waals surface area (Å²) in [4.78, 5) is 23.7. The van der Waals surface area contributed by atoms with Gasteiger partial charge in [-0.3, -0.25) is 0 Å². The number of aromatic nitrogens is 1. The lowest BCUT2D eigenvalue weighted by Crippen LogP contribution is -2.25. The van der Waals surface area contributed by atoms with Crippen LogP contribution in [0.15, 0.2) is 30.5 Å². The van der Waals surface area contributed by atoms with Crippen LogP contribution in [0.5, 0.6) is 0 Å². The Morgan fingerprint density at radius 2 is 1.96 bits per heavy atom. The van der Waals surface area contributed by atoms with Crippen LogP contribution >= 0.6 is 0 Å². The topological polar surface area (TPSA) is 94.6 Å². The summed E-state index contributed by atoms with van der Waals surface area (Å²) in [6.07, 6.45) is 1.17. The average Bonchev–Trinajstić information content (AvgIpc) is 2.74. The van der Waals surface area contributed by atoms with E-state index in [-0.39, 0.29) is 22.6 Å². The third-order valence-electron chi connectivity index (χ3n) is 2.95. The number of aromatic carboxylic acids is 1. The number of anilines is 1. The maximum absolute atomic E-state index is 13.4. The Balaban J connectivity index is 2.64. The molecule has 0 spiro atoms. The number of carboxylic acid groups (broad SMARTS) is 1. The van der Waals surface area contributed by atoms with Gasteiger partial charge in [0.25, 0.3) is 0 Å². The molecular weight excluding hydrogens is 303 g/mol. The second-order valence-corrected chi connectivity index (χ2v) is 5.96. The zero-order valence-corrected chi connectivity index (χ0v) is 13.0. The molecule has 23 heavy (non-hydrogen) atoms. The van der Waals surface area contributed by atoms with Crippen molar-refractivity contribution in [2.45, 2.75) is 26.4 Å². The van der Waals surface area contributed by atoms with Gasteiger partial charge in [0, 0.05) is 11.9 Å². The van der Waals surface area contributed by atoms with Crippen LogP contribution in [0.3, 0.4) is 0 Å². The molecule has 122 valence electrons. The van der Waals surface area contributed by atoms with E-state index in [1.54, 1.807) is 20.8 Å². The van der Waals surface area contributed by atoms with Crippen molar-refractivity contribution < 1.29 is 23.8 Å². The molecule has 7 heteroatoms. The van der Waals surface area contributed by atoms with Gasteiger partial charge in [0.1, 0.15) is 17.0 Å². The first kappa shape index (κ1) is 16.5. The van der Waals surface area contributed by atoms with E-state index in [0.717, 1.165) is 0 Å². The minimum atomic E-state index is -1.29. The Morgan fingerprint density at radius 1 is 1.30 bits per heavy atom. The Labute approximate surface area is 132 Å². The zero-order chi connectivity index (χ0) is 17.4. The molecule has 0 saturated heterocycles. The number of carboxylic acids is 1. The molecule has 1 aromatic carbocycles. The molecule has 6 nitrogen and oxygen atoms in total. The first-order valence-electron chi connectivity index (χ1n) is 6.83. The number of nitrogens with zero attached hydrogens (tertiary/aromatic N) is 1. The Bertz CT molecular complexity index is 775. The monoisotopic (exact) mass is 320 g/mol. The van der Waals surface area contributed by atoms with E-state index in [1.165, 1.54) is 35.0 Å². The summed E-state index contributed by atoms with van der Waals surface area (Å²) in [5.41, 5.74) is 4.65. The number of hydrogen-bond donors (Lipinski definition) is 2. The summed E-state index contributed by atoms with van der Waals surface area (Å²) in [6, 6.07) is 5.38. The van der Waals surface area contributed by atoms with Crippen LogP contribution in [0.4, 0.5) is 10.1 Å². The molecule has 0 saturated carbocycles. The molecule has 0 radical (unpaired) electrons. The van der Waals surface area contributed by atoms with Crippen LogP contribution in [0.1, 0.15) is 41.6 Å². The molecule has 0 bridgehead atoms. The van der Waals surface area contributed by atoms with E-state index in [4.69, 9.17) is 10.5 Å². The molecule has 0 atom stereocenters. The van der Waals surface area contributed by atoms with Crippen molar-refractivity contribution in [3.05, 3.63) is 47.5 Å². The van der Waals surface area contributed by atoms with Crippen LogP contribution in [-0.2, 0) is 4.74 Å². The van der Waals surface area contributed by atoms with Gasteiger partial charge in [0.05, 0.1) is 5.69 Å². The molecule has 2 aromatic rings. The fourth-order valence-corrected chi connectivity index (χ4v) is 2.06. The number of esters is 1. The minimum absolute atomic E-state index is 0.150. The highest BCUT2D eigenvalue weighted by molar-refractivity contribution is 6.03. The van der Waals surface area contributed by atoms with Crippen LogP contribution in [0, 0.1) is 5.82 Å². The number of halogens is 1. The van der Waals surface area contributed by atoms with Gasteiger partial charge in [-0.05, 0) is 39.0 Å². The lowest BCUT2D eigenvalue weighted by molar-refractivity contribution is 0.00618. The maximum Gasteiger partial charge on any atom is 0.358 e. The van der Waals surface area contributed by atoms with Crippen LogP contribution in [0.2, 0.25) is 0 Å². The number of benzene rings is 1. The fourth-order valence-electron chi connectivity index (χ4n) is 2.06. The van der Waals surface area contributed by atoms with E-state index in [2.05, 4.69) is 0 Å². The van der Waals surface area contributed by atoms with Crippen LogP contribution < -0.4 is 5.73 Å². The summed E-state index contributed by atoms with van der Waals surface area (Å²) < 4.78 is 19.9. The van der Waals surface area contributed by atoms with E-state index >= 15 is 0 Å². The fraction of sp³-hybridized carbons (Fsp3) is 0.250. The molecule has 0 aliphatic carbocycles. The van der Waals surface area contributed by atoms with Gasteiger partial charge >= 0.3 is 11.9 Å². The predicted octanol–water partition coefficient (Wildman–Crippen LogP) is 2.85. The highest BCUT2D eigenvalue weighted by atomic mass is 19.1. The number of ether oxygens (including phenoxy) is 1. The Hall–Kier alpha value is -2.83. The zero-order valence-electron chi connectivity index (χ0n) is 13.0. The Kier molecular flexibility index (Phi) is 4.14. The molecule has 0 amide bonds. The lowest BCUT2D eigenvalue weighted by Gasteiger charge is -2.20. The van der Waals surface area contributed by atoms with Crippen molar-refractivity contribution >= 4 is 17.6 Å². The maximum atomic E-state index is 13.4. The van der Waals surface area contributed by atoms with E-state index in [0.29, 0.717) is 0 Å². The molecule has 0 fully saturated rings. The van der Waals surface area contributed by atoms with Gasteiger partial charge in [-0.15, -0.1) is 0 Å². The summed E-state index contributed by atoms with van der Waals surface area (Å²) in [5, 5.41) is 9.20. The van der Waals surface area contributed by atoms with Crippen molar-refractivity contribution in [3.8, 4) is 5.69 Å². The molecule has 3 N–H and O–H groups in total. The molecular formula is C16H17FN2O4. The van der Waals surface area contributed by atoms with Crippen molar-refractivity contribution in [2.75, 3.05) is 5.73 Å². The van der Waals surface area contributed by atoms with Crippen LogP contribution in [-0.4, -0.2) is 27.2 Å². The lowest BCUT2D eigenvalue weighted by atomic mass is 10.2. The third-order valence-corrected chi connectivity index (χ3v) is 2.95. The van der Waals surface area contributed by atoms with Gasteiger partial charge < -0.3 is 20.1 Å². The molecule has 0 unspecified atom stereocenters. The quantitative estimate of drug-likeness (QED) is 0.848. The molecule has 2 rings (SSSR count). The van der Waals surface area contributed by atoms with Gasteiger partial charge in [0.15, 0.2) is 5.69 Å². The minimum Gasteiger partial charge on any atom is -0.478 e. The second-order valence-electron chi connectivity index (χ2n) is 5.96. The van der Waals surface area contributed by atoms with E-state index in [9.17, 15) is 19.1 Å². The standard InChI is InChI=1S/C16H17FN2O4/c1-16(2,3)23-15(22)13-12(18)11(14(20)21)8-19(13)10-6-4-5-9(17)7-10/h4-8H,18H2,1-3H3,(H,20,21). The van der Waals surface area contributed by atoms with Crippen molar-refractivity contribution in [1.82, 2.24) is 4.57 Å². The third kappa shape index (κ3) is 3.50. The van der Waals surface area contributed by atoms with Crippen molar-refractivity contribution in [2.24, 2.45) is 0 Å². The summed E-state index contributed by atoms with van der Waals surface area (Å²) in [6.45, 7) is 5.03. The molecule has 0 aliphatic heterocycles. The first-order valence-corrected chi connectivity index (χ1v) is 6.83. The summed E-state index contributed by atoms with van der Waals surface area (Å²) in [5.74, 6) is -2.60. The van der Waals surface area contributed by atoms with Crippen molar-refractivity contribution in [1.29, 1.82) is 0 Å². The first-order chi connectivity index (χ1) is 10.6. The predicted molar refractivity (Wildman–Crippen MR) is 82.3 cm³/mol. The summed E-state index contributed by atoms with van der Waals surface area (Å²) in [7, 11) is 0. The van der Waals surface area contributed by atoms with Crippen molar-refractivity contribution in [3.63, 3.8) is 0 Å².